The largest absolute Gasteiger partial charge is 0.464 e. The first kappa shape index (κ1) is 13.4. The van der Waals surface area contributed by atoms with Crippen molar-refractivity contribution in [3.05, 3.63) is 22.4 Å². The van der Waals surface area contributed by atoms with E-state index in [1.807, 2.05) is 18.4 Å². The monoisotopic (exact) mass is 285 g/mol. The van der Waals surface area contributed by atoms with Crippen molar-refractivity contribution in [1.29, 1.82) is 0 Å². The fraction of sp³-hybridized carbons (Fsp3) is 0.500. The summed E-state index contributed by atoms with van der Waals surface area (Å²) in [5, 5.41) is 1.86. The van der Waals surface area contributed by atoms with Gasteiger partial charge in [-0.2, -0.15) is 0 Å². The first-order chi connectivity index (χ1) is 8.74. The van der Waals surface area contributed by atoms with Gasteiger partial charge in [-0.15, -0.1) is 23.1 Å². The summed E-state index contributed by atoms with van der Waals surface area (Å²) >= 11 is 2.98. The van der Waals surface area contributed by atoms with Crippen LogP contribution in [0.25, 0.3) is 0 Å². The van der Waals surface area contributed by atoms with Crippen molar-refractivity contribution in [2.45, 2.75) is 19.4 Å². The maximum absolute atomic E-state index is 12.2. The maximum atomic E-state index is 12.2. The van der Waals surface area contributed by atoms with Crippen LogP contribution in [0.2, 0.25) is 0 Å². The number of hydrogen-bond acceptors (Lipinski definition) is 5. The van der Waals surface area contributed by atoms with Gasteiger partial charge in [0.2, 0.25) is 0 Å². The van der Waals surface area contributed by atoms with Crippen LogP contribution in [0.15, 0.2) is 17.5 Å². The van der Waals surface area contributed by atoms with Gasteiger partial charge in [0, 0.05) is 5.75 Å². The van der Waals surface area contributed by atoms with E-state index in [-0.39, 0.29) is 11.9 Å². The van der Waals surface area contributed by atoms with Crippen molar-refractivity contribution >= 4 is 35.0 Å². The van der Waals surface area contributed by atoms with Gasteiger partial charge in [0.15, 0.2) is 0 Å². The first-order valence-electron chi connectivity index (χ1n) is 5.83. The first-order valence-corrected chi connectivity index (χ1v) is 7.86. The Balaban J connectivity index is 2.03. The third kappa shape index (κ3) is 2.87. The van der Waals surface area contributed by atoms with Crippen LogP contribution in [0.1, 0.15) is 23.0 Å². The number of hydrogen-bond donors (Lipinski definition) is 0. The average molecular weight is 285 g/mol. The van der Waals surface area contributed by atoms with Crippen LogP contribution in [-0.4, -0.2) is 41.1 Å². The van der Waals surface area contributed by atoms with E-state index in [2.05, 4.69) is 0 Å². The number of nitrogens with zero attached hydrogens (tertiary/aromatic N) is 1. The molecule has 0 spiro atoms. The molecule has 1 aliphatic heterocycles. The molecule has 0 N–H and O–H groups in total. The van der Waals surface area contributed by atoms with E-state index in [9.17, 15) is 9.59 Å². The standard InChI is InChI=1S/C12H15NO3S2/c1-2-5-16-12(15)9-7-17-8-13(9)11(14)10-4-3-6-18-10/h3-4,6,9H,2,5,7-8H2,1H3. The summed E-state index contributed by atoms with van der Waals surface area (Å²) in [7, 11) is 0. The number of thioether (sulfide) groups is 1. The van der Waals surface area contributed by atoms with E-state index in [1.165, 1.54) is 11.3 Å². The molecule has 0 aliphatic carbocycles. The second kappa shape index (κ2) is 6.24. The number of carbonyl (C=O) groups is 2. The molecule has 1 unspecified atom stereocenters. The minimum atomic E-state index is -0.434. The van der Waals surface area contributed by atoms with E-state index in [1.54, 1.807) is 22.7 Å². The summed E-state index contributed by atoms with van der Waals surface area (Å²) in [6.45, 7) is 2.37. The molecule has 1 fully saturated rings. The molecule has 1 saturated heterocycles. The maximum Gasteiger partial charge on any atom is 0.329 e. The van der Waals surface area contributed by atoms with Crippen LogP contribution in [0.5, 0.6) is 0 Å². The van der Waals surface area contributed by atoms with E-state index in [4.69, 9.17) is 4.74 Å². The Kier molecular flexibility index (Phi) is 4.66. The van der Waals surface area contributed by atoms with Crippen molar-refractivity contribution < 1.29 is 14.3 Å². The molecule has 1 aromatic rings. The molecule has 1 amide bonds. The lowest BCUT2D eigenvalue weighted by atomic mass is 10.3. The molecule has 18 heavy (non-hydrogen) atoms. The number of rotatable bonds is 4. The Morgan fingerprint density at radius 3 is 3.06 bits per heavy atom. The highest BCUT2D eigenvalue weighted by molar-refractivity contribution is 7.99. The normalized spacial score (nSPS) is 18.9. The molecule has 0 radical (unpaired) electrons. The highest BCUT2D eigenvalue weighted by atomic mass is 32.2. The topological polar surface area (TPSA) is 46.6 Å². The van der Waals surface area contributed by atoms with Crippen LogP contribution >= 0.6 is 23.1 Å². The van der Waals surface area contributed by atoms with Crippen molar-refractivity contribution in [3.8, 4) is 0 Å². The smallest absolute Gasteiger partial charge is 0.329 e. The third-order valence-corrected chi connectivity index (χ3v) is 4.47. The second-order valence-corrected chi connectivity index (χ2v) is 5.88. The fourth-order valence-corrected chi connectivity index (χ4v) is 3.50. The fourth-order valence-electron chi connectivity index (χ4n) is 1.68. The Morgan fingerprint density at radius 2 is 2.39 bits per heavy atom. The van der Waals surface area contributed by atoms with Crippen molar-refractivity contribution in [3.63, 3.8) is 0 Å². The van der Waals surface area contributed by atoms with Gasteiger partial charge < -0.3 is 9.64 Å². The van der Waals surface area contributed by atoms with Gasteiger partial charge in [0.05, 0.1) is 17.4 Å². The minimum Gasteiger partial charge on any atom is -0.464 e. The highest BCUT2D eigenvalue weighted by Gasteiger charge is 2.36. The van der Waals surface area contributed by atoms with Gasteiger partial charge in [-0.25, -0.2) is 4.79 Å². The third-order valence-electron chi connectivity index (χ3n) is 2.60. The highest BCUT2D eigenvalue weighted by Crippen LogP contribution is 2.25. The molecular weight excluding hydrogens is 270 g/mol. The van der Waals surface area contributed by atoms with Crippen molar-refractivity contribution in [2.24, 2.45) is 0 Å². The lowest BCUT2D eigenvalue weighted by molar-refractivity contribution is -0.147. The lowest BCUT2D eigenvalue weighted by Gasteiger charge is -2.21. The summed E-state index contributed by atoms with van der Waals surface area (Å²) < 4.78 is 5.13. The molecule has 1 aromatic heterocycles. The molecule has 1 aliphatic rings. The Morgan fingerprint density at radius 1 is 1.56 bits per heavy atom. The summed E-state index contributed by atoms with van der Waals surface area (Å²) in [5.74, 6) is 0.822. The zero-order chi connectivity index (χ0) is 13.0. The molecule has 1 atom stereocenters. The van der Waals surface area contributed by atoms with E-state index < -0.39 is 6.04 Å². The van der Waals surface area contributed by atoms with Gasteiger partial charge in [-0.05, 0) is 17.9 Å². The van der Waals surface area contributed by atoms with Crippen molar-refractivity contribution in [1.82, 2.24) is 4.90 Å². The molecule has 0 aromatic carbocycles. The molecule has 6 heteroatoms. The average Bonchev–Trinajstić information content (AvgIpc) is 3.04. The van der Waals surface area contributed by atoms with Gasteiger partial charge in [0.25, 0.3) is 5.91 Å². The molecular formula is C12H15NO3S2. The van der Waals surface area contributed by atoms with Gasteiger partial charge in [0.1, 0.15) is 6.04 Å². The Labute approximate surface area is 114 Å². The SMILES string of the molecule is CCCOC(=O)C1CSCN1C(=O)c1cccs1. The van der Waals surface area contributed by atoms with E-state index in [0.717, 1.165) is 6.42 Å². The zero-order valence-corrected chi connectivity index (χ0v) is 11.8. The van der Waals surface area contributed by atoms with E-state index >= 15 is 0 Å². The quantitative estimate of drug-likeness (QED) is 0.796. The summed E-state index contributed by atoms with van der Waals surface area (Å²) in [6, 6.07) is 3.19. The van der Waals surface area contributed by atoms with Gasteiger partial charge >= 0.3 is 5.97 Å². The molecule has 98 valence electrons. The van der Waals surface area contributed by atoms with Crippen LogP contribution in [0, 0.1) is 0 Å². The number of carbonyl (C=O) groups excluding carboxylic acids is 2. The van der Waals surface area contributed by atoms with Crippen LogP contribution in [-0.2, 0) is 9.53 Å². The van der Waals surface area contributed by atoms with Crippen LogP contribution < -0.4 is 0 Å². The van der Waals surface area contributed by atoms with E-state index in [0.29, 0.717) is 23.1 Å². The van der Waals surface area contributed by atoms with Crippen molar-refractivity contribution in [2.75, 3.05) is 18.2 Å². The Bertz CT molecular complexity index is 419. The second-order valence-electron chi connectivity index (χ2n) is 3.94. The van der Waals surface area contributed by atoms with Crippen LogP contribution in [0.3, 0.4) is 0 Å². The zero-order valence-electron chi connectivity index (χ0n) is 10.1. The molecule has 4 nitrogen and oxygen atoms in total. The van der Waals surface area contributed by atoms with Gasteiger partial charge in [-0.1, -0.05) is 13.0 Å². The predicted molar refractivity (Wildman–Crippen MR) is 72.9 cm³/mol. The molecule has 0 bridgehead atoms. The molecule has 0 saturated carbocycles. The summed E-state index contributed by atoms with van der Waals surface area (Å²) in [6.07, 6.45) is 0.796. The summed E-state index contributed by atoms with van der Waals surface area (Å²) in [5.41, 5.74) is 0. The predicted octanol–water partition coefficient (Wildman–Crippen LogP) is 2.22. The molecule has 2 rings (SSSR count). The molecule has 2 heterocycles. The number of amides is 1. The summed E-state index contributed by atoms with van der Waals surface area (Å²) in [4.78, 5) is 26.4. The van der Waals surface area contributed by atoms with Crippen LogP contribution in [0.4, 0.5) is 0 Å². The Hall–Kier alpha value is -1.01. The number of ether oxygens (including phenoxy) is 1. The lowest BCUT2D eigenvalue weighted by Crippen LogP contribution is -2.42. The van der Waals surface area contributed by atoms with Gasteiger partial charge in [-0.3, -0.25) is 4.79 Å². The number of esters is 1. The minimum absolute atomic E-state index is 0.0755. The number of thiophene rings is 1.